The van der Waals surface area contributed by atoms with Gasteiger partial charge < -0.3 is 9.47 Å². The first kappa shape index (κ1) is 22.3. The largest absolute Gasteiger partial charge is 0.352 e. The van der Waals surface area contributed by atoms with Crippen molar-refractivity contribution in [2.75, 3.05) is 11.4 Å². The first-order chi connectivity index (χ1) is 16.5. The Kier molecular flexibility index (Phi) is 6.20. The summed E-state index contributed by atoms with van der Waals surface area (Å²) in [6.45, 7) is 1.22. The molecule has 34 heavy (non-hydrogen) atoms. The van der Waals surface area contributed by atoms with Gasteiger partial charge in [-0.15, -0.1) is 11.3 Å². The lowest BCUT2D eigenvalue weighted by molar-refractivity contribution is 0.316. The van der Waals surface area contributed by atoms with Crippen LogP contribution in [0.4, 0.5) is 5.69 Å². The fraction of sp³-hybridized carbons (Fsp3) is 0.200. The van der Waals surface area contributed by atoms with Gasteiger partial charge in [-0.3, -0.25) is 0 Å². The molecule has 0 spiro atoms. The van der Waals surface area contributed by atoms with E-state index < -0.39 is 10.0 Å². The van der Waals surface area contributed by atoms with Gasteiger partial charge in [0, 0.05) is 37.2 Å². The molecule has 172 valence electrons. The molecule has 7 nitrogen and oxygen atoms in total. The molecular formula is C25H23N5O2S2. The number of rotatable bonds is 6. The fourth-order valence-electron chi connectivity index (χ4n) is 4.39. The minimum Gasteiger partial charge on any atom is -0.352 e. The van der Waals surface area contributed by atoms with E-state index in [1.807, 2.05) is 47.2 Å². The zero-order valence-corrected chi connectivity index (χ0v) is 20.0. The van der Waals surface area contributed by atoms with Crippen molar-refractivity contribution in [3.8, 4) is 6.07 Å². The summed E-state index contributed by atoms with van der Waals surface area (Å²) in [7, 11) is -3.74. The van der Waals surface area contributed by atoms with Crippen molar-refractivity contribution in [1.29, 1.82) is 5.26 Å². The number of aromatic nitrogens is 2. The monoisotopic (exact) mass is 489 g/mol. The summed E-state index contributed by atoms with van der Waals surface area (Å²) in [5, 5.41) is 11.3. The van der Waals surface area contributed by atoms with Crippen LogP contribution in [0.15, 0.2) is 89.0 Å². The van der Waals surface area contributed by atoms with Crippen LogP contribution in [0.25, 0.3) is 0 Å². The normalized spacial score (nSPS) is 16.6. The molecule has 2 aromatic carbocycles. The third-order valence-corrected chi connectivity index (χ3v) is 9.25. The van der Waals surface area contributed by atoms with Crippen LogP contribution in [-0.4, -0.2) is 34.9 Å². The molecule has 3 heterocycles. The van der Waals surface area contributed by atoms with Gasteiger partial charge in [0.1, 0.15) is 4.21 Å². The number of thiophene rings is 1. The lowest BCUT2D eigenvalue weighted by Gasteiger charge is -2.32. The summed E-state index contributed by atoms with van der Waals surface area (Å²) < 4.78 is 31.6. The highest BCUT2D eigenvalue weighted by Gasteiger charge is 2.37. The second-order valence-electron chi connectivity index (χ2n) is 8.22. The van der Waals surface area contributed by atoms with Crippen LogP contribution in [0.1, 0.15) is 16.7 Å². The van der Waals surface area contributed by atoms with Crippen molar-refractivity contribution in [1.82, 2.24) is 13.9 Å². The molecule has 0 bridgehead atoms. The van der Waals surface area contributed by atoms with Gasteiger partial charge in [-0.1, -0.05) is 36.4 Å². The van der Waals surface area contributed by atoms with Crippen LogP contribution >= 0.6 is 11.3 Å². The highest BCUT2D eigenvalue weighted by atomic mass is 32.2. The van der Waals surface area contributed by atoms with Crippen molar-refractivity contribution >= 4 is 27.0 Å². The number of sulfonamides is 1. The Hall–Kier alpha value is -3.45. The lowest BCUT2D eigenvalue weighted by Crippen LogP contribution is -2.45. The van der Waals surface area contributed by atoms with Gasteiger partial charge in [-0.25, -0.2) is 13.4 Å². The Balaban J connectivity index is 1.62. The molecule has 0 amide bonds. The molecule has 0 radical (unpaired) electrons. The number of nitrogens with zero attached hydrogens (tertiary/aromatic N) is 5. The SMILES string of the molecule is N#Cc1ccc2c(c1)CN(S(=O)(=O)c1cccs1)C(Cc1ccccc1)CN2Cn1ccnc1. The maximum Gasteiger partial charge on any atom is 0.253 e. The van der Waals surface area contributed by atoms with E-state index in [0.717, 1.165) is 16.8 Å². The van der Waals surface area contributed by atoms with E-state index in [1.54, 1.807) is 46.5 Å². The molecule has 0 N–H and O–H groups in total. The van der Waals surface area contributed by atoms with E-state index in [2.05, 4.69) is 16.0 Å². The van der Waals surface area contributed by atoms with Crippen molar-refractivity contribution in [3.05, 3.63) is 101 Å². The number of anilines is 1. The maximum absolute atomic E-state index is 13.8. The van der Waals surface area contributed by atoms with Gasteiger partial charge in [0.25, 0.3) is 10.0 Å². The average molecular weight is 490 g/mol. The Morgan fingerprint density at radius 1 is 1.12 bits per heavy atom. The van der Waals surface area contributed by atoms with Crippen molar-refractivity contribution in [2.24, 2.45) is 0 Å². The van der Waals surface area contributed by atoms with E-state index in [0.29, 0.717) is 29.4 Å². The van der Waals surface area contributed by atoms with Crippen LogP contribution < -0.4 is 4.90 Å². The van der Waals surface area contributed by atoms with Crippen LogP contribution in [0, 0.1) is 11.3 Å². The second kappa shape index (κ2) is 9.43. The molecule has 0 saturated heterocycles. The molecule has 1 atom stereocenters. The number of nitriles is 1. The minimum atomic E-state index is -3.74. The number of imidazole rings is 1. The third kappa shape index (κ3) is 4.48. The van der Waals surface area contributed by atoms with E-state index in [1.165, 1.54) is 11.3 Å². The Labute approximate surface area is 203 Å². The molecular weight excluding hydrogens is 466 g/mol. The van der Waals surface area contributed by atoms with Crippen LogP contribution in [0.3, 0.4) is 0 Å². The van der Waals surface area contributed by atoms with E-state index in [-0.39, 0.29) is 12.6 Å². The van der Waals surface area contributed by atoms with Crippen LogP contribution in [-0.2, 0) is 29.7 Å². The molecule has 1 aliphatic heterocycles. The molecule has 0 fully saturated rings. The summed E-state index contributed by atoms with van der Waals surface area (Å²) in [6.07, 6.45) is 5.94. The van der Waals surface area contributed by atoms with E-state index in [9.17, 15) is 13.7 Å². The van der Waals surface area contributed by atoms with Gasteiger partial charge in [0.2, 0.25) is 0 Å². The molecule has 9 heteroatoms. The predicted octanol–water partition coefficient (Wildman–Crippen LogP) is 4.10. The number of benzene rings is 2. The second-order valence-corrected chi connectivity index (χ2v) is 11.3. The average Bonchev–Trinajstić information content (AvgIpc) is 3.55. The zero-order chi connectivity index (χ0) is 23.5. The lowest BCUT2D eigenvalue weighted by atomic mass is 10.1. The summed E-state index contributed by atoms with van der Waals surface area (Å²) in [6, 6.07) is 20.8. The van der Waals surface area contributed by atoms with Crippen molar-refractivity contribution in [3.63, 3.8) is 0 Å². The van der Waals surface area contributed by atoms with E-state index >= 15 is 0 Å². The van der Waals surface area contributed by atoms with Gasteiger partial charge in [0.05, 0.1) is 24.6 Å². The minimum absolute atomic E-state index is 0.197. The smallest absolute Gasteiger partial charge is 0.253 e. The Morgan fingerprint density at radius 3 is 2.68 bits per heavy atom. The summed E-state index contributed by atoms with van der Waals surface area (Å²) >= 11 is 1.22. The molecule has 1 unspecified atom stereocenters. The zero-order valence-electron chi connectivity index (χ0n) is 18.4. The first-order valence-electron chi connectivity index (χ1n) is 10.9. The maximum atomic E-state index is 13.8. The number of fused-ring (bicyclic) bond motifs is 1. The number of hydrogen-bond donors (Lipinski definition) is 0. The van der Waals surface area contributed by atoms with Gasteiger partial charge in [0.15, 0.2) is 0 Å². The third-order valence-electron chi connectivity index (χ3n) is 5.98. The summed E-state index contributed by atoms with van der Waals surface area (Å²) in [4.78, 5) is 6.33. The Morgan fingerprint density at radius 2 is 1.97 bits per heavy atom. The van der Waals surface area contributed by atoms with Gasteiger partial charge >= 0.3 is 0 Å². The highest BCUT2D eigenvalue weighted by Crippen LogP contribution is 2.34. The standard InChI is InChI=1S/C25H23N5O2S2/c26-15-21-8-9-24-22(13-21)16-30(34(31,32)25-7-4-12-33-25)23(14-20-5-2-1-3-6-20)17-29(24)19-28-11-10-27-18-28/h1-13,18,23H,14,16-17,19H2. The first-order valence-corrected chi connectivity index (χ1v) is 13.2. The fourth-order valence-corrected chi connectivity index (χ4v) is 7.11. The van der Waals surface area contributed by atoms with E-state index in [4.69, 9.17) is 0 Å². The summed E-state index contributed by atoms with van der Waals surface area (Å²) in [5.41, 5.74) is 3.32. The van der Waals surface area contributed by atoms with Crippen molar-refractivity contribution in [2.45, 2.75) is 29.9 Å². The topological polar surface area (TPSA) is 82.2 Å². The molecule has 0 saturated carbocycles. The quantitative estimate of drug-likeness (QED) is 0.407. The highest BCUT2D eigenvalue weighted by molar-refractivity contribution is 7.91. The van der Waals surface area contributed by atoms with Gasteiger partial charge in [-0.2, -0.15) is 9.57 Å². The molecule has 0 aliphatic carbocycles. The number of hydrogen-bond acceptors (Lipinski definition) is 6. The van der Waals surface area contributed by atoms with Gasteiger partial charge in [-0.05, 0) is 47.2 Å². The van der Waals surface area contributed by atoms with Crippen molar-refractivity contribution < 1.29 is 8.42 Å². The summed E-state index contributed by atoms with van der Waals surface area (Å²) in [5.74, 6) is 0. The van der Waals surface area contributed by atoms with Crippen LogP contribution in [0.5, 0.6) is 0 Å². The predicted molar refractivity (Wildman–Crippen MR) is 132 cm³/mol. The Bertz CT molecular complexity index is 1400. The molecule has 2 aromatic heterocycles. The molecule has 1 aliphatic rings. The van der Waals surface area contributed by atoms with Crippen LogP contribution in [0.2, 0.25) is 0 Å². The molecule has 4 aromatic rings. The molecule has 5 rings (SSSR count).